The van der Waals surface area contributed by atoms with Crippen molar-refractivity contribution in [2.75, 3.05) is 31.1 Å². The van der Waals surface area contributed by atoms with Crippen LogP contribution in [0.25, 0.3) is 11.0 Å². The van der Waals surface area contributed by atoms with E-state index in [1.54, 1.807) is 6.33 Å². The van der Waals surface area contributed by atoms with Gasteiger partial charge < -0.3 is 14.8 Å². The molecule has 1 amide bonds. The van der Waals surface area contributed by atoms with E-state index >= 15 is 0 Å². The number of fused-ring (bicyclic) bond motifs is 1. The number of anilines is 1. The predicted molar refractivity (Wildman–Crippen MR) is 114 cm³/mol. The fourth-order valence-corrected chi connectivity index (χ4v) is 4.50. The Morgan fingerprint density at radius 3 is 2.69 bits per heavy atom. The summed E-state index contributed by atoms with van der Waals surface area (Å²) in [6.07, 6.45) is 8.05. The minimum absolute atomic E-state index is 0.149. The number of carbonyl (C=O) groups is 1. The molecule has 0 atom stereocenters. The van der Waals surface area contributed by atoms with Gasteiger partial charge in [-0.2, -0.15) is 0 Å². The van der Waals surface area contributed by atoms with Crippen molar-refractivity contribution in [3.05, 3.63) is 54.0 Å². The number of nitrogens with one attached hydrogen (secondary N) is 1. The summed E-state index contributed by atoms with van der Waals surface area (Å²) in [4.78, 5) is 29.7. The summed E-state index contributed by atoms with van der Waals surface area (Å²) < 4.78 is 0. The summed E-state index contributed by atoms with van der Waals surface area (Å²) in [6.45, 7) is 5.46. The van der Waals surface area contributed by atoms with Crippen LogP contribution in [0.4, 0.5) is 5.82 Å². The van der Waals surface area contributed by atoms with Crippen molar-refractivity contribution in [1.29, 1.82) is 0 Å². The highest BCUT2D eigenvalue weighted by Gasteiger charge is 2.48. The molecule has 3 aromatic rings. The highest BCUT2D eigenvalue weighted by Crippen LogP contribution is 2.48. The Kier molecular flexibility index (Phi) is 4.49. The van der Waals surface area contributed by atoms with Crippen molar-refractivity contribution in [1.82, 2.24) is 19.9 Å². The lowest BCUT2D eigenvalue weighted by Crippen LogP contribution is -2.36. The smallest absolute Gasteiger partial charge is 0.253 e. The Labute approximate surface area is 171 Å². The van der Waals surface area contributed by atoms with Gasteiger partial charge in [0.2, 0.25) is 0 Å². The van der Waals surface area contributed by atoms with Crippen molar-refractivity contribution < 1.29 is 4.79 Å². The molecular weight excluding hydrogens is 362 g/mol. The molecule has 1 aliphatic carbocycles. The molecule has 1 aromatic carbocycles. The maximum absolute atomic E-state index is 13.2. The van der Waals surface area contributed by atoms with E-state index in [9.17, 15) is 4.79 Å². The topological polar surface area (TPSA) is 65.1 Å². The van der Waals surface area contributed by atoms with Gasteiger partial charge in [-0.1, -0.05) is 25.5 Å². The fourth-order valence-electron chi connectivity index (χ4n) is 4.50. The molecule has 6 nitrogen and oxygen atoms in total. The van der Waals surface area contributed by atoms with E-state index in [4.69, 9.17) is 0 Å². The molecule has 0 radical (unpaired) electrons. The Morgan fingerprint density at radius 1 is 1.10 bits per heavy atom. The van der Waals surface area contributed by atoms with Gasteiger partial charge >= 0.3 is 0 Å². The molecule has 1 saturated heterocycles. The highest BCUT2D eigenvalue weighted by molar-refractivity contribution is 5.94. The largest absolute Gasteiger partial charge is 0.354 e. The Morgan fingerprint density at radius 2 is 1.93 bits per heavy atom. The molecule has 0 bridgehead atoms. The molecule has 1 N–H and O–H groups in total. The zero-order valence-corrected chi connectivity index (χ0v) is 16.9. The van der Waals surface area contributed by atoms with Crippen LogP contribution < -0.4 is 4.90 Å². The highest BCUT2D eigenvalue weighted by atomic mass is 16.2. The third-order valence-electron chi connectivity index (χ3n) is 6.31. The van der Waals surface area contributed by atoms with Crippen LogP contribution in [-0.4, -0.2) is 51.9 Å². The number of benzene rings is 1. The number of aromatic amines is 1. The molecule has 150 valence electrons. The van der Waals surface area contributed by atoms with Crippen LogP contribution in [-0.2, 0) is 6.42 Å². The lowest BCUT2D eigenvalue weighted by molar-refractivity contribution is 0.0741. The first-order valence-electron chi connectivity index (χ1n) is 10.6. The quantitative estimate of drug-likeness (QED) is 0.740. The first kappa shape index (κ1) is 18.2. The van der Waals surface area contributed by atoms with Crippen LogP contribution in [0.5, 0.6) is 0 Å². The molecule has 2 aromatic heterocycles. The van der Waals surface area contributed by atoms with E-state index in [2.05, 4.69) is 43.8 Å². The van der Waals surface area contributed by atoms with Crippen molar-refractivity contribution >= 4 is 22.8 Å². The van der Waals surface area contributed by atoms with Crippen molar-refractivity contribution in [3.8, 4) is 0 Å². The van der Waals surface area contributed by atoms with Crippen LogP contribution in [0.3, 0.4) is 0 Å². The molecule has 1 spiro atoms. The van der Waals surface area contributed by atoms with E-state index in [0.29, 0.717) is 6.54 Å². The van der Waals surface area contributed by atoms with Gasteiger partial charge in [0.15, 0.2) is 0 Å². The molecular formula is C23H27N5O. The molecule has 1 saturated carbocycles. The minimum atomic E-state index is 0.149. The van der Waals surface area contributed by atoms with Crippen molar-refractivity contribution in [2.45, 2.75) is 32.6 Å². The van der Waals surface area contributed by atoms with E-state index in [-0.39, 0.29) is 11.3 Å². The summed E-state index contributed by atoms with van der Waals surface area (Å²) >= 11 is 0. The third-order valence-corrected chi connectivity index (χ3v) is 6.31. The van der Waals surface area contributed by atoms with Gasteiger partial charge in [0.1, 0.15) is 17.8 Å². The molecule has 2 fully saturated rings. The van der Waals surface area contributed by atoms with Gasteiger partial charge in [-0.15, -0.1) is 0 Å². The van der Waals surface area contributed by atoms with Crippen molar-refractivity contribution in [2.24, 2.45) is 5.41 Å². The molecule has 5 rings (SSSR count). The Hall–Kier alpha value is -2.89. The number of carbonyl (C=O) groups excluding carboxylic acids is 1. The number of amides is 1. The zero-order chi connectivity index (χ0) is 19.8. The van der Waals surface area contributed by atoms with E-state index in [1.165, 1.54) is 18.4 Å². The number of aryl methyl sites for hydroxylation is 1. The van der Waals surface area contributed by atoms with Gasteiger partial charge in [-0.25, -0.2) is 9.97 Å². The number of H-pyrrole nitrogens is 1. The average molecular weight is 390 g/mol. The van der Waals surface area contributed by atoms with Crippen LogP contribution >= 0.6 is 0 Å². The van der Waals surface area contributed by atoms with E-state index in [0.717, 1.165) is 54.9 Å². The first-order valence-corrected chi connectivity index (χ1v) is 10.6. The summed E-state index contributed by atoms with van der Waals surface area (Å²) in [7, 11) is 0. The summed E-state index contributed by atoms with van der Waals surface area (Å²) in [5.74, 6) is 1.12. The van der Waals surface area contributed by atoms with Crippen LogP contribution in [0, 0.1) is 5.41 Å². The van der Waals surface area contributed by atoms with Gasteiger partial charge in [-0.3, -0.25) is 4.79 Å². The second-order valence-corrected chi connectivity index (χ2v) is 8.53. The predicted octanol–water partition coefficient (Wildman–Crippen LogP) is 3.65. The number of nitrogens with zero attached hydrogens (tertiary/aromatic N) is 4. The maximum atomic E-state index is 13.2. The van der Waals surface area contributed by atoms with E-state index < -0.39 is 0 Å². The summed E-state index contributed by atoms with van der Waals surface area (Å²) in [5.41, 5.74) is 3.15. The second kappa shape index (κ2) is 7.17. The van der Waals surface area contributed by atoms with Gasteiger partial charge in [0.25, 0.3) is 5.91 Å². The number of hydrogen-bond acceptors (Lipinski definition) is 4. The van der Waals surface area contributed by atoms with Crippen molar-refractivity contribution in [3.63, 3.8) is 0 Å². The third kappa shape index (κ3) is 3.48. The molecule has 3 heterocycles. The van der Waals surface area contributed by atoms with E-state index in [1.807, 2.05) is 24.4 Å². The van der Waals surface area contributed by atoms with Crippen LogP contribution in [0.2, 0.25) is 0 Å². The molecule has 29 heavy (non-hydrogen) atoms. The first-order chi connectivity index (χ1) is 14.2. The fraction of sp³-hybridized carbons (Fsp3) is 0.435. The number of rotatable bonds is 4. The lowest BCUT2D eigenvalue weighted by Gasteiger charge is -2.25. The van der Waals surface area contributed by atoms with Gasteiger partial charge in [0, 0.05) is 43.4 Å². The monoisotopic (exact) mass is 389 g/mol. The molecule has 2 aliphatic rings. The SMILES string of the molecule is CCCc1ccc(C(=O)N2CCN(c3ncnc4[nH]ccc34)CC3(CC3)C2)cc1. The molecule has 6 heteroatoms. The normalized spacial score (nSPS) is 18.2. The second-order valence-electron chi connectivity index (χ2n) is 8.53. The minimum Gasteiger partial charge on any atom is -0.354 e. The van der Waals surface area contributed by atoms with Crippen LogP contribution in [0.1, 0.15) is 42.1 Å². The molecule has 0 unspecified atom stereocenters. The molecule has 1 aliphatic heterocycles. The number of hydrogen-bond donors (Lipinski definition) is 1. The standard InChI is InChI=1S/C23H27N5O/c1-2-3-17-4-6-18(7-5-17)22(29)28-13-12-27(14-23(15-28)9-10-23)21-19-8-11-24-20(19)25-16-26-21/h4-8,11,16H,2-3,9-10,12-15H2,1H3,(H,24,25,26). The zero-order valence-electron chi connectivity index (χ0n) is 16.9. The Bertz CT molecular complexity index is 1020. The average Bonchev–Trinajstić information content (AvgIpc) is 3.38. The van der Waals surface area contributed by atoms with Gasteiger partial charge in [0.05, 0.1) is 5.39 Å². The maximum Gasteiger partial charge on any atom is 0.253 e. The Balaban J connectivity index is 1.38. The lowest BCUT2D eigenvalue weighted by atomic mass is 10.0. The van der Waals surface area contributed by atoms with Gasteiger partial charge in [-0.05, 0) is 43.0 Å². The number of aromatic nitrogens is 3. The summed E-state index contributed by atoms with van der Waals surface area (Å²) in [6, 6.07) is 10.2. The van der Waals surface area contributed by atoms with Crippen LogP contribution in [0.15, 0.2) is 42.9 Å². The summed E-state index contributed by atoms with van der Waals surface area (Å²) in [5, 5.41) is 1.05.